The van der Waals surface area contributed by atoms with Crippen molar-refractivity contribution in [2.24, 2.45) is 17.8 Å². The number of pyridine rings is 1. The molecule has 2 aliphatic rings. The Morgan fingerprint density at radius 1 is 1.07 bits per heavy atom. The normalized spacial score (nSPS) is 23.6. The van der Waals surface area contributed by atoms with Gasteiger partial charge in [0.2, 0.25) is 5.91 Å². The third-order valence-corrected chi connectivity index (χ3v) is 5.93. The van der Waals surface area contributed by atoms with Crippen molar-refractivity contribution in [3.63, 3.8) is 0 Å². The molecular weight excluding hydrogens is 366 g/mol. The molecule has 0 radical (unpaired) electrons. The Labute approximate surface area is 171 Å². The first-order chi connectivity index (χ1) is 13.6. The van der Waals surface area contributed by atoms with Crippen LogP contribution < -0.4 is 5.32 Å². The maximum Gasteiger partial charge on any atom is 0.410 e. The summed E-state index contributed by atoms with van der Waals surface area (Å²) in [5.74, 6) is 0.477. The Kier molecular flexibility index (Phi) is 4.56. The molecule has 29 heavy (non-hydrogen) atoms. The first kappa shape index (κ1) is 19.7. The molecular formula is C23H29N3O3. The lowest BCUT2D eigenvalue weighted by molar-refractivity contribution is -0.125. The topological polar surface area (TPSA) is 71.5 Å². The van der Waals surface area contributed by atoms with Crippen LogP contribution in [0.5, 0.6) is 0 Å². The zero-order chi connectivity index (χ0) is 21.0. The van der Waals surface area contributed by atoms with E-state index < -0.39 is 11.1 Å². The molecule has 2 unspecified atom stereocenters. The van der Waals surface area contributed by atoms with Gasteiger partial charge in [-0.05, 0) is 51.8 Å². The number of amides is 2. The summed E-state index contributed by atoms with van der Waals surface area (Å²) in [5.41, 5.74) is -0.0331. The van der Waals surface area contributed by atoms with Crippen molar-refractivity contribution in [3.05, 3.63) is 42.2 Å². The largest absolute Gasteiger partial charge is 0.444 e. The Balaban J connectivity index is 1.41. The van der Waals surface area contributed by atoms with Gasteiger partial charge < -0.3 is 15.0 Å². The fraction of sp³-hybridized carbons (Fsp3) is 0.522. The van der Waals surface area contributed by atoms with Gasteiger partial charge in [-0.2, -0.15) is 0 Å². The second-order valence-electron chi connectivity index (χ2n) is 9.76. The summed E-state index contributed by atoms with van der Waals surface area (Å²) in [5, 5.41) is 5.38. The van der Waals surface area contributed by atoms with Gasteiger partial charge in [0, 0.05) is 42.4 Å². The van der Waals surface area contributed by atoms with E-state index in [0.717, 1.165) is 16.3 Å². The number of hydrogen-bond acceptors (Lipinski definition) is 4. The molecule has 1 aliphatic carbocycles. The molecule has 0 bridgehead atoms. The number of benzene rings is 1. The predicted octanol–water partition coefficient (Wildman–Crippen LogP) is 3.70. The summed E-state index contributed by atoms with van der Waals surface area (Å²) < 4.78 is 5.45. The number of nitrogens with one attached hydrogen (secondary N) is 1. The van der Waals surface area contributed by atoms with Crippen LogP contribution in [0.15, 0.2) is 36.7 Å². The van der Waals surface area contributed by atoms with Gasteiger partial charge in [-0.25, -0.2) is 4.79 Å². The van der Waals surface area contributed by atoms with Crippen LogP contribution in [0.1, 0.15) is 40.2 Å². The smallest absolute Gasteiger partial charge is 0.410 e. The van der Waals surface area contributed by atoms with Gasteiger partial charge in [0.05, 0.1) is 5.54 Å². The molecule has 2 fully saturated rings. The van der Waals surface area contributed by atoms with Crippen LogP contribution in [0, 0.1) is 17.8 Å². The van der Waals surface area contributed by atoms with Crippen molar-refractivity contribution >= 4 is 22.8 Å². The lowest BCUT2D eigenvalue weighted by Gasteiger charge is -2.29. The summed E-state index contributed by atoms with van der Waals surface area (Å²) in [7, 11) is 0. The molecule has 1 saturated heterocycles. The number of ether oxygens (including phenoxy) is 1. The number of carbonyl (C=O) groups is 2. The Hall–Kier alpha value is -2.63. The van der Waals surface area contributed by atoms with Crippen molar-refractivity contribution in [1.29, 1.82) is 0 Å². The maximum atomic E-state index is 13.0. The monoisotopic (exact) mass is 395 g/mol. The van der Waals surface area contributed by atoms with Gasteiger partial charge in [0.25, 0.3) is 0 Å². The molecule has 6 heteroatoms. The third-order valence-electron chi connectivity index (χ3n) is 5.93. The van der Waals surface area contributed by atoms with Crippen molar-refractivity contribution in [3.8, 4) is 0 Å². The molecule has 1 aliphatic heterocycles. The molecule has 1 aromatic carbocycles. The number of nitrogens with zero attached hydrogens (tertiary/aromatic N) is 2. The van der Waals surface area contributed by atoms with Crippen LogP contribution in [0.4, 0.5) is 4.79 Å². The number of hydrogen-bond donors (Lipinski definition) is 1. The predicted molar refractivity (Wildman–Crippen MR) is 111 cm³/mol. The minimum Gasteiger partial charge on any atom is -0.444 e. The van der Waals surface area contributed by atoms with E-state index in [0.29, 0.717) is 13.1 Å². The zero-order valence-electron chi connectivity index (χ0n) is 17.7. The highest BCUT2D eigenvalue weighted by Gasteiger charge is 2.61. The molecule has 4 rings (SSSR count). The molecule has 154 valence electrons. The fourth-order valence-electron chi connectivity index (χ4n) is 4.46. The first-order valence-corrected chi connectivity index (χ1v) is 10.2. The lowest BCUT2D eigenvalue weighted by Crippen LogP contribution is -2.44. The summed E-state index contributed by atoms with van der Waals surface area (Å²) >= 11 is 0. The van der Waals surface area contributed by atoms with Crippen molar-refractivity contribution < 1.29 is 14.3 Å². The van der Waals surface area contributed by atoms with Gasteiger partial charge in [-0.1, -0.05) is 24.3 Å². The molecule has 2 heterocycles. The molecule has 0 spiro atoms. The Morgan fingerprint density at radius 2 is 1.72 bits per heavy atom. The van der Waals surface area contributed by atoms with Gasteiger partial charge >= 0.3 is 6.09 Å². The summed E-state index contributed by atoms with van der Waals surface area (Å²) in [4.78, 5) is 31.3. The van der Waals surface area contributed by atoms with Crippen molar-refractivity contribution in [2.45, 2.75) is 45.8 Å². The number of likely N-dealkylation sites (tertiary alicyclic amines) is 1. The minimum absolute atomic E-state index is 0.0316. The number of carbonyl (C=O) groups excluding carboxylic acids is 2. The number of fused-ring (bicyclic) bond motifs is 2. The standard InChI is InChI=1S/C23H29N3O3/c1-22(2,3)29-21(28)26-12-16-17(13-26)19(16)20(27)25-23(4,5)18-11-24-10-14-8-6-7-9-15(14)18/h6-11,16-17,19H,12-13H2,1-5H3,(H,25,27). The third kappa shape index (κ3) is 3.80. The van der Waals surface area contributed by atoms with Crippen molar-refractivity contribution in [1.82, 2.24) is 15.2 Å². The fourth-order valence-corrected chi connectivity index (χ4v) is 4.46. The van der Waals surface area contributed by atoms with Gasteiger partial charge in [-0.3, -0.25) is 9.78 Å². The van der Waals surface area contributed by atoms with E-state index >= 15 is 0 Å². The highest BCUT2D eigenvalue weighted by atomic mass is 16.6. The molecule has 1 saturated carbocycles. The van der Waals surface area contributed by atoms with Crippen LogP contribution in [0.3, 0.4) is 0 Å². The SMILES string of the molecule is CC(C)(C)OC(=O)N1CC2C(C1)C2C(=O)NC(C)(C)c1cncc2ccccc12. The van der Waals surface area contributed by atoms with E-state index in [-0.39, 0.29) is 29.8 Å². The maximum absolute atomic E-state index is 13.0. The van der Waals surface area contributed by atoms with Crippen LogP contribution in [-0.4, -0.2) is 40.6 Å². The highest BCUT2D eigenvalue weighted by molar-refractivity contribution is 5.88. The molecule has 1 aromatic heterocycles. The second-order valence-corrected chi connectivity index (χ2v) is 9.76. The lowest BCUT2D eigenvalue weighted by atomic mass is 9.91. The summed E-state index contributed by atoms with van der Waals surface area (Å²) in [6, 6.07) is 8.08. The number of aromatic nitrogens is 1. The van der Waals surface area contributed by atoms with Gasteiger partial charge in [0.1, 0.15) is 5.60 Å². The molecule has 1 N–H and O–H groups in total. The average molecular weight is 396 g/mol. The van der Waals surface area contributed by atoms with E-state index in [2.05, 4.69) is 16.4 Å². The van der Waals surface area contributed by atoms with Gasteiger partial charge in [-0.15, -0.1) is 0 Å². The molecule has 2 aromatic rings. The Morgan fingerprint density at radius 3 is 2.38 bits per heavy atom. The average Bonchev–Trinajstić information content (AvgIpc) is 3.13. The minimum atomic E-state index is -0.535. The summed E-state index contributed by atoms with van der Waals surface area (Å²) in [6.07, 6.45) is 3.39. The quantitative estimate of drug-likeness (QED) is 0.860. The van der Waals surface area contributed by atoms with Crippen LogP contribution >= 0.6 is 0 Å². The van der Waals surface area contributed by atoms with E-state index in [1.807, 2.05) is 65.2 Å². The number of piperidine rings is 1. The highest BCUT2D eigenvalue weighted by Crippen LogP contribution is 2.52. The van der Waals surface area contributed by atoms with Crippen LogP contribution in [0.25, 0.3) is 10.8 Å². The van der Waals surface area contributed by atoms with E-state index in [9.17, 15) is 9.59 Å². The molecule has 2 amide bonds. The zero-order valence-corrected chi connectivity index (χ0v) is 17.7. The first-order valence-electron chi connectivity index (χ1n) is 10.2. The van der Waals surface area contributed by atoms with Gasteiger partial charge in [0.15, 0.2) is 0 Å². The summed E-state index contributed by atoms with van der Waals surface area (Å²) in [6.45, 7) is 10.8. The molecule has 2 atom stereocenters. The van der Waals surface area contributed by atoms with E-state index in [1.54, 1.807) is 4.90 Å². The molecule has 6 nitrogen and oxygen atoms in total. The van der Waals surface area contributed by atoms with E-state index in [4.69, 9.17) is 4.74 Å². The second kappa shape index (κ2) is 6.71. The van der Waals surface area contributed by atoms with Crippen LogP contribution in [0.2, 0.25) is 0 Å². The van der Waals surface area contributed by atoms with Crippen LogP contribution in [-0.2, 0) is 15.1 Å². The number of rotatable bonds is 3. The Bertz CT molecular complexity index is 946. The van der Waals surface area contributed by atoms with E-state index in [1.165, 1.54) is 0 Å². The van der Waals surface area contributed by atoms with Crippen molar-refractivity contribution in [2.75, 3.05) is 13.1 Å².